The number of thioether (sulfide) groups is 1. The van der Waals surface area contributed by atoms with Gasteiger partial charge in [0.1, 0.15) is 5.58 Å². The molecular weight excluding hydrogens is 359 g/mol. The van der Waals surface area contributed by atoms with Crippen molar-refractivity contribution in [1.82, 2.24) is 5.32 Å². The van der Waals surface area contributed by atoms with Crippen LogP contribution in [0.2, 0.25) is 0 Å². The monoisotopic (exact) mass is 375 g/mol. The third-order valence-electron chi connectivity index (χ3n) is 3.61. The molecule has 9 heteroatoms. The summed E-state index contributed by atoms with van der Waals surface area (Å²) in [6.07, 6.45) is -6.07. The van der Waals surface area contributed by atoms with E-state index < -0.39 is 29.3 Å². The highest BCUT2D eigenvalue weighted by Crippen LogP contribution is 2.36. The Labute approximate surface area is 145 Å². The molecule has 0 aliphatic heterocycles. The number of hydrogen-bond donors (Lipinski definition) is 2. The van der Waals surface area contributed by atoms with E-state index in [4.69, 9.17) is 9.52 Å². The molecule has 2 rings (SSSR count). The molecule has 2 aromatic rings. The minimum atomic E-state index is -4.68. The Morgan fingerprint density at radius 3 is 2.56 bits per heavy atom. The molecule has 1 atom stereocenters. The van der Waals surface area contributed by atoms with E-state index in [0.29, 0.717) is 10.8 Å². The van der Waals surface area contributed by atoms with Gasteiger partial charge in [-0.1, -0.05) is 18.7 Å². The Morgan fingerprint density at radius 1 is 1.40 bits per heavy atom. The molecule has 1 heterocycles. The zero-order chi connectivity index (χ0) is 18.9. The van der Waals surface area contributed by atoms with Gasteiger partial charge < -0.3 is 14.8 Å². The number of carboxylic acid groups (broad SMARTS) is 1. The Balaban J connectivity index is 2.86. The first kappa shape index (κ1) is 19.2. The number of halogens is 3. The summed E-state index contributed by atoms with van der Waals surface area (Å²) in [5, 5.41) is 11.0. The molecular formula is C16H16F3NO4S. The predicted octanol–water partition coefficient (Wildman–Crippen LogP) is 4.56. The lowest BCUT2D eigenvalue weighted by molar-refractivity contribution is -0.137. The highest BCUT2D eigenvalue weighted by atomic mass is 32.2. The van der Waals surface area contributed by atoms with Crippen LogP contribution in [0.1, 0.15) is 36.6 Å². The van der Waals surface area contributed by atoms with Crippen molar-refractivity contribution in [3.63, 3.8) is 0 Å². The molecule has 0 spiro atoms. The summed E-state index contributed by atoms with van der Waals surface area (Å²) in [6, 6.07) is 0.556. The highest BCUT2D eigenvalue weighted by molar-refractivity contribution is 7.99. The molecule has 2 N–H and O–H groups in total. The second kappa shape index (κ2) is 6.99. The molecule has 0 aliphatic rings. The lowest BCUT2D eigenvalue weighted by Crippen LogP contribution is -2.25. The number of amides is 1. The molecule has 5 nitrogen and oxygen atoms in total. The Kier molecular flexibility index (Phi) is 5.36. The van der Waals surface area contributed by atoms with E-state index in [1.54, 1.807) is 0 Å². The number of fused-ring (bicyclic) bond motifs is 1. The van der Waals surface area contributed by atoms with Crippen LogP contribution in [0.3, 0.4) is 0 Å². The largest absolute Gasteiger partial charge is 0.465 e. The lowest BCUT2D eigenvalue weighted by Gasteiger charge is -2.17. The maximum absolute atomic E-state index is 13.2. The number of nitrogens with one attached hydrogen (secondary N) is 1. The van der Waals surface area contributed by atoms with Crippen molar-refractivity contribution in [3.8, 4) is 0 Å². The second-order valence-electron chi connectivity index (χ2n) is 5.39. The van der Waals surface area contributed by atoms with Gasteiger partial charge in [0.15, 0.2) is 10.5 Å². The fourth-order valence-corrected chi connectivity index (χ4v) is 3.13. The second-order valence-corrected chi connectivity index (χ2v) is 6.62. The van der Waals surface area contributed by atoms with Crippen LogP contribution < -0.4 is 10.7 Å². The Morgan fingerprint density at radius 2 is 2.04 bits per heavy atom. The zero-order valence-corrected chi connectivity index (χ0v) is 14.5. The molecule has 0 radical (unpaired) electrons. The van der Waals surface area contributed by atoms with Crippen LogP contribution in [-0.4, -0.2) is 17.0 Å². The number of alkyl halides is 3. The molecule has 25 heavy (non-hydrogen) atoms. The van der Waals surface area contributed by atoms with E-state index in [9.17, 15) is 22.8 Å². The van der Waals surface area contributed by atoms with Gasteiger partial charge in [-0.05, 0) is 31.7 Å². The van der Waals surface area contributed by atoms with Crippen molar-refractivity contribution in [2.45, 2.75) is 38.1 Å². The lowest BCUT2D eigenvalue weighted by atomic mass is 10.00. The maximum Gasteiger partial charge on any atom is 0.416 e. The SMILES string of the molecule is CCSc1oc2c([C@@H](C)NC(=O)O)cc(C(F)(F)F)cc2c(=O)c1C. The molecule has 0 aliphatic carbocycles. The first-order chi connectivity index (χ1) is 11.6. The zero-order valence-electron chi connectivity index (χ0n) is 13.7. The summed E-state index contributed by atoms with van der Waals surface area (Å²) in [5.41, 5.74) is -1.45. The van der Waals surface area contributed by atoms with Crippen LogP contribution in [0.15, 0.2) is 26.4 Å². The molecule has 0 fully saturated rings. The molecule has 136 valence electrons. The van der Waals surface area contributed by atoms with Gasteiger partial charge in [0.25, 0.3) is 0 Å². The fraction of sp³-hybridized carbons (Fsp3) is 0.375. The minimum Gasteiger partial charge on any atom is -0.465 e. The van der Waals surface area contributed by atoms with Gasteiger partial charge in [0.2, 0.25) is 0 Å². The van der Waals surface area contributed by atoms with Gasteiger partial charge in [0.05, 0.1) is 17.0 Å². The smallest absolute Gasteiger partial charge is 0.416 e. The van der Waals surface area contributed by atoms with Gasteiger partial charge in [-0.2, -0.15) is 13.2 Å². The predicted molar refractivity (Wildman–Crippen MR) is 88.2 cm³/mol. The maximum atomic E-state index is 13.2. The van der Waals surface area contributed by atoms with Crippen LogP contribution in [0, 0.1) is 6.92 Å². The molecule has 0 unspecified atom stereocenters. The standard InChI is InChI=1S/C16H16F3NO4S/c1-4-25-14-7(2)12(21)11-6-9(16(17,18)19)5-10(13(11)24-14)8(3)20-15(22)23/h5-6,8,20H,4H2,1-3H3,(H,22,23)/t8-/m1/s1. The summed E-state index contributed by atoms with van der Waals surface area (Å²) < 4.78 is 45.2. The average Bonchev–Trinajstić information content (AvgIpc) is 2.50. The van der Waals surface area contributed by atoms with Crippen molar-refractivity contribution in [1.29, 1.82) is 0 Å². The summed E-state index contributed by atoms with van der Waals surface area (Å²) >= 11 is 1.25. The van der Waals surface area contributed by atoms with Crippen molar-refractivity contribution >= 4 is 28.8 Å². The van der Waals surface area contributed by atoms with Crippen molar-refractivity contribution in [2.75, 3.05) is 5.75 Å². The normalized spacial score (nSPS) is 13.0. The Hall–Kier alpha value is -2.16. The minimum absolute atomic E-state index is 0.0396. The van der Waals surface area contributed by atoms with Gasteiger partial charge in [-0.3, -0.25) is 4.79 Å². The fourth-order valence-electron chi connectivity index (χ4n) is 2.41. The van der Waals surface area contributed by atoms with E-state index in [1.807, 2.05) is 6.92 Å². The van der Waals surface area contributed by atoms with Gasteiger partial charge in [-0.15, -0.1) is 0 Å². The van der Waals surface area contributed by atoms with Crippen LogP contribution >= 0.6 is 11.8 Å². The first-order valence-electron chi connectivity index (χ1n) is 7.37. The molecule has 1 amide bonds. The van der Waals surface area contributed by atoms with Gasteiger partial charge in [0, 0.05) is 11.1 Å². The molecule has 0 bridgehead atoms. The quantitative estimate of drug-likeness (QED) is 0.766. The van der Waals surface area contributed by atoms with Crippen LogP contribution in [0.4, 0.5) is 18.0 Å². The van der Waals surface area contributed by atoms with Crippen LogP contribution in [0.5, 0.6) is 0 Å². The summed E-state index contributed by atoms with van der Waals surface area (Å²) in [5.74, 6) is 0.605. The van der Waals surface area contributed by atoms with E-state index in [-0.39, 0.29) is 22.1 Å². The highest BCUT2D eigenvalue weighted by Gasteiger charge is 2.33. The Bertz CT molecular complexity index is 876. The van der Waals surface area contributed by atoms with E-state index >= 15 is 0 Å². The summed E-state index contributed by atoms with van der Waals surface area (Å²) in [4.78, 5) is 23.4. The van der Waals surface area contributed by atoms with Crippen molar-refractivity contribution in [3.05, 3.63) is 39.0 Å². The number of rotatable bonds is 4. The van der Waals surface area contributed by atoms with E-state index in [2.05, 4.69) is 5.32 Å². The molecule has 0 saturated heterocycles. The molecule has 1 aromatic carbocycles. The number of benzene rings is 1. The number of carbonyl (C=O) groups is 1. The van der Waals surface area contributed by atoms with E-state index in [1.165, 1.54) is 25.6 Å². The molecule has 1 aromatic heterocycles. The van der Waals surface area contributed by atoms with Crippen LogP contribution in [-0.2, 0) is 6.18 Å². The van der Waals surface area contributed by atoms with Crippen molar-refractivity contribution < 1.29 is 27.5 Å². The topological polar surface area (TPSA) is 79.5 Å². The number of hydrogen-bond acceptors (Lipinski definition) is 4. The van der Waals surface area contributed by atoms with Crippen molar-refractivity contribution in [2.24, 2.45) is 0 Å². The van der Waals surface area contributed by atoms with Gasteiger partial charge >= 0.3 is 12.3 Å². The summed E-state index contributed by atoms with van der Waals surface area (Å²) in [7, 11) is 0. The third-order valence-corrected chi connectivity index (χ3v) is 4.55. The average molecular weight is 375 g/mol. The molecule has 0 saturated carbocycles. The van der Waals surface area contributed by atoms with Gasteiger partial charge in [-0.25, -0.2) is 4.79 Å². The summed E-state index contributed by atoms with van der Waals surface area (Å²) in [6.45, 7) is 4.72. The third kappa shape index (κ3) is 3.92. The van der Waals surface area contributed by atoms with E-state index in [0.717, 1.165) is 12.1 Å². The van der Waals surface area contributed by atoms with Crippen LogP contribution in [0.25, 0.3) is 11.0 Å². The first-order valence-corrected chi connectivity index (χ1v) is 8.35.